The lowest BCUT2D eigenvalue weighted by molar-refractivity contribution is -0.146. The Balaban J connectivity index is 1.74. The fourth-order valence-electron chi connectivity index (χ4n) is 4.32. The molecule has 4 nitrogen and oxygen atoms in total. The van der Waals surface area contributed by atoms with Crippen molar-refractivity contribution in [2.75, 3.05) is 11.5 Å². The normalized spacial score (nSPS) is 27.3. The van der Waals surface area contributed by atoms with E-state index in [-0.39, 0.29) is 24.5 Å². The van der Waals surface area contributed by atoms with Gasteiger partial charge in [0.15, 0.2) is 5.60 Å². The minimum Gasteiger partial charge on any atom is -0.396 e. The van der Waals surface area contributed by atoms with E-state index < -0.39 is 5.60 Å². The minimum absolute atomic E-state index is 0.0190. The SMILES string of the molecule is C[C@H]1C[C@@H](CCO)O[C@]12C(=O)N(Cc1cccc(I)c1)c1ccccc12. The van der Waals surface area contributed by atoms with Gasteiger partial charge in [0.2, 0.25) is 0 Å². The minimum atomic E-state index is -0.918. The number of halogens is 1. The van der Waals surface area contributed by atoms with Crippen LogP contribution in [0.4, 0.5) is 5.69 Å². The summed E-state index contributed by atoms with van der Waals surface area (Å²) >= 11 is 2.29. The Bertz CT molecular complexity index is 840. The van der Waals surface area contributed by atoms with E-state index in [4.69, 9.17) is 4.74 Å². The van der Waals surface area contributed by atoms with E-state index in [9.17, 15) is 9.90 Å². The number of nitrogens with zero attached hydrogens (tertiary/aromatic N) is 1. The molecule has 3 atom stereocenters. The zero-order valence-electron chi connectivity index (χ0n) is 14.7. The van der Waals surface area contributed by atoms with E-state index in [0.29, 0.717) is 13.0 Å². The summed E-state index contributed by atoms with van der Waals surface area (Å²) in [5.74, 6) is 0.0964. The molecule has 2 aliphatic rings. The molecule has 1 fully saturated rings. The van der Waals surface area contributed by atoms with E-state index in [2.05, 4.69) is 41.6 Å². The third-order valence-electron chi connectivity index (χ3n) is 5.50. The molecule has 2 heterocycles. The lowest BCUT2D eigenvalue weighted by Gasteiger charge is -2.28. The highest BCUT2D eigenvalue weighted by molar-refractivity contribution is 14.1. The molecule has 1 saturated heterocycles. The summed E-state index contributed by atoms with van der Waals surface area (Å²) in [5, 5.41) is 9.30. The molecule has 4 rings (SSSR count). The molecule has 1 N–H and O–H groups in total. The zero-order chi connectivity index (χ0) is 18.3. The number of fused-ring (bicyclic) bond motifs is 2. The number of aliphatic hydroxyl groups is 1. The van der Waals surface area contributed by atoms with E-state index >= 15 is 0 Å². The number of hydrogen-bond acceptors (Lipinski definition) is 3. The van der Waals surface area contributed by atoms with Crippen molar-refractivity contribution >= 4 is 34.2 Å². The first kappa shape index (κ1) is 17.9. The highest BCUT2D eigenvalue weighted by Crippen LogP contribution is 2.53. The number of carbonyl (C=O) groups is 1. The van der Waals surface area contributed by atoms with Gasteiger partial charge in [0, 0.05) is 21.7 Å². The molecule has 0 radical (unpaired) electrons. The van der Waals surface area contributed by atoms with Gasteiger partial charge in [-0.2, -0.15) is 0 Å². The Morgan fingerprint density at radius 3 is 2.85 bits per heavy atom. The van der Waals surface area contributed by atoms with Gasteiger partial charge in [-0.1, -0.05) is 37.3 Å². The van der Waals surface area contributed by atoms with Crippen molar-refractivity contribution < 1.29 is 14.6 Å². The summed E-state index contributed by atoms with van der Waals surface area (Å²) in [6.45, 7) is 2.70. The molecule has 26 heavy (non-hydrogen) atoms. The molecule has 0 aromatic heterocycles. The van der Waals surface area contributed by atoms with Crippen molar-refractivity contribution in [3.63, 3.8) is 0 Å². The number of aliphatic hydroxyl groups excluding tert-OH is 1. The zero-order valence-corrected chi connectivity index (χ0v) is 16.8. The van der Waals surface area contributed by atoms with Crippen LogP contribution >= 0.6 is 22.6 Å². The van der Waals surface area contributed by atoms with Gasteiger partial charge >= 0.3 is 0 Å². The van der Waals surface area contributed by atoms with Gasteiger partial charge in [-0.25, -0.2) is 0 Å². The maximum Gasteiger partial charge on any atom is 0.264 e. The molecule has 0 unspecified atom stereocenters. The predicted molar refractivity (Wildman–Crippen MR) is 109 cm³/mol. The van der Waals surface area contributed by atoms with Crippen molar-refractivity contribution in [1.29, 1.82) is 0 Å². The first-order chi connectivity index (χ1) is 12.6. The number of rotatable bonds is 4. The average Bonchev–Trinajstić information content (AvgIpc) is 3.07. The third kappa shape index (κ3) is 2.77. The molecule has 1 spiro atoms. The van der Waals surface area contributed by atoms with Crippen LogP contribution in [0.5, 0.6) is 0 Å². The van der Waals surface area contributed by atoms with Gasteiger partial charge in [-0.3, -0.25) is 4.79 Å². The molecule has 136 valence electrons. The molecule has 0 saturated carbocycles. The maximum absolute atomic E-state index is 13.6. The maximum atomic E-state index is 13.6. The van der Waals surface area contributed by atoms with Crippen molar-refractivity contribution in [3.8, 4) is 0 Å². The number of carbonyl (C=O) groups excluding carboxylic acids is 1. The van der Waals surface area contributed by atoms with E-state index in [1.807, 2.05) is 41.3 Å². The first-order valence-electron chi connectivity index (χ1n) is 9.01. The Morgan fingerprint density at radius 1 is 1.27 bits per heavy atom. The average molecular weight is 463 g/mol. The fraction of sp³-hybridized carbons (Fsp3) is 0.381. The number of amides is 1. The first-order valence-corrected chi connectivity index (χ1v) is 10.1. The van der Waals surface area contributed by atoms with Crippen molar-refractivity contribution in [3.05, 3.63) is 63.2 Å². The summed E-state index contributed by atoms with van der Waals surface area (Å²) in [7, 11) is 0. The van der Waals surface area contributed by atoms with Crippen molar-refractivity contribution in [2.24, 2.45) is 5.92 Å². The van der Waals surface area contributed by atoms with Crippen LogP contribution in [0, 0.1) is 9.49 Å². The Morgan fingerprint density at radius 2 is 2.08 bits per heavy atom. The summed E-state index contributed by atoms with van der Waals surface area (Å²) in [4.78, 5) is 15.4. The van der Waals surface area contributed by atoms with Crippen LogP contribution in [0.25, 0.3) is 0 Å². The van der Waals surface area contributed by atoms with E-state index in [1.165, 1.54) is 0 Å². The van der Waals surface area contributed by atoms with E-state index in [0.717, 1.165) is 26.8 Å². The molecule has 1 amide bonds. The number of anilines is 1. The van der Waals surface area contributed by atoms with Crippen LogP contribution in [-0.4, -0.2) is 23.7 Å². The topological polar surface area (TPSA) is 49.8 Å². The lowest BCUT2D eigenvalue weighted by atomic mass is 9.83. The standard InChI is InChI=1S/C21H22INO3/c1-14-11-17(9-10-24)26-21(14)18-7-2-3-8-19(18)23(20(21)25)13-15-5-4-6-16(22)12-15/h2-8,12,14,17,24H,9-11,13H2,1H3/t14-,17+,21+/m0/s1. The smallest absolute Gasteiger partial charge is 0.264 e. The molecule has 2 aromatic carbocycles. The fourth-order valence-corrected chi connectivity index (χ4v) is 4.93. The Labute approximate surface area is 167 Å². The van der Waals surface area contributed by atoms with Gasteiger partial charge in [-0.05, 0) is 59.2 Å². The van der Waals surface area contributed by atoms with Gasteiger partial charge in [0.25, 0.3) is 5.91 Å². The second kappa shape index (κ2) is 6.94. The van der Waals surface area contributed by atoms with Crippen LogP contribution < -0.4 is 4.90 Å². The molecule has 5 heteroatoms. The van der Waals surface area contributed by atoms with Gasteiger partial charge in [0.05, 0.1) is 18.3 Å². The van der Waals surface area contributed by atoms with Crippen LogP contribution in [0.1, 0.15) is 30.9 Å². The van der Waals surface area contributed by atoms with Crippen LogP contribution in [0.2, 0.25) is 0 Å². The number of hydrogen-bond donors (Lipinski definition) is 1. The van der Waals surface area contributed by atoms with E-state index in [1.54, 1.807) is 0 Å². The monoisotopic (exact) mass is 463 g/mol. The number of para-hydroxylation sites is 1. The highest BCUT2D eigenvalue weighted by atomic mass is 127. The van der Waals surface area contributed by atoms with Crippen molar-refractivity contribution in [1.82, 2.24) is 0 Å². The largest absolute Gasteiger partial charge is 0.396 e. The molecule has 0 bridgehead atoms. The lowest BCUT2D eigenvalue weighted by Crippen LogP contribution is -2.43. The second-order valence-corrected chi connectivity index (χ2v) is 8.41. The summed E-state index contributed by atoms with van der Waals surface area (Å²) in [6.07, 6.45) is 1.28. The summed E-state index contributed by atoms with van der Waals surface area (Å²) in [6, 6.07) is 16.2. The summed E-state index contributed by atoms with van der Waals surface area (Å²) < 4.78 is 7.50. The molecular weight excluding hydrogens is 441 g/mol. The number of ether oxygens (including phenoxy) is 1. The van der Waals surface area contributed by atoms with Gasteiger partial charge < -0.3 is 14.7 Å². The molecule has 2 aliphatic heterocycles. The number of benzene rings is 2. The molecule has 2 aromatic rings. The summed E-state index contributed by atoms with van der Waals surface area (Å²) in [5.41, 5.74) is 2.09. The predicted octanol–water partition coefficient (Wildman–Crippen LogP) is 3.84. The van der Waals surface area contributed by atoms with Crippen LogP contribution in [-0.2, 0) is 21.7 Å². The molecule has 0 aliphatic carbocycles. The van der Waals surface area contributed by atoms with Gasteiger partial charge in [-0.15, -0.1) is 0 Å². The quantitative estimate of drug-likeness (QED) is 0.702. The third-order valence-corrected chi connectivity index (χ3v) is 6.17. The highest BCUT2D eigenvalue weighted by Gasteiger charge is 2.59. The van der Waals surface area contributed by atoms with Crippen molar-refractivity contribution in [2.45, 2.75) is 38.0 Å². The molecular formula is C21H22INO3. The van der Waals surface area contributed by atoms with Gasteiger partial charge in [0.1, 0.15) is 0 Å². The Kier molecular flexibility index (Phi) is 4.79. The second-order valence-electron chi connectivity index (χ2n) is 7.16. The van der Waals surface area contributed by atoms with Crippen LogP contribution in [0.15, 0.2) is 48.5 Å². The Hall–Kier alpha value is -1.44. The van der Waals surface area contributed by atoms with Crippen LogP contribution in [0.3, 0.4) is 0 Å².